The number of rotatable bonds is 3. The number of H-pyrrole nitrogens is 1. The van der Waals surface area contributed by atoms with Crippen LogP contribution in [0.25, 0.3) is 16.5 Å². The molecule has 236 valence electrons. The van der Waals surface area contributed by atoms with Gasteiger partial charge in [0.2, 0.25) is 0 Å². The zero-order valence-electron chi connectivity index (χ0n) is 25.8. The molecule has 10 heteroatoms. The number of aromatic nitrogens is 2. The topological polar surface area (TPSA) is 145 Å². The minimum Gasteiger partial charge on any atom is -0.469 e. The second-order valence-corrected chi connectivity index (χ2v) is 13.1. The van der Waals surface area contributed by atoms with E-state index >= 15 is 0 Å². The van der Waals surface area contributed by atoms with Crippen molar-refractivity contribution in [2.24, 2.45) is 22.7 Å². The van der Waals surface area contributed by atoms with Crippen LogP contribution in [0.1, 0.15) is 78.9 Å². The van der Waals surface area contributed by atoms with Crippen LogP contribution >= 0.6 is 0 Å². The summed E-state index contributed by atoms with van der Waals surface area (Å²) in [7, 11) is 3.89. The first kappa shape index (κ1) is 30.7. The number of carbonyl (C=O) groups is 3. The van der Waals surface area contributed by atoms with E-state index in [1.165, 1.54) is 19.8 Å². The smallest absolute Gasteiger partial charge is 0.344 e. The summed E-state index contributed by atoms with van der Waals surface area (Å²) in [6.07, 6.45) is 7.59. The summed E-state index contributed by atoms with van der Waals surface area (Å²) in [5.74, 6) is 0.824. The number of methoxy groups -OCH3 is 2. The number of fused-ring (bicyclic) bond motifs is 2. The van der Waals surface area contributed by atoms with E-state index in [-0.39, 0.29) is 40.7 Å². The fraction of sp³-hybridized carbons (Fsp3) is 0.457. The Morgan fingerprint density at radius 2 is 1.33 bits per heavy atom. The number of cyclic esters (lactones) is 1. The van der Waals surface area contributed by atoms with Crippen LogP contribution in [0.5, 0.6) is 0 Å². The van der Waals surface area contributed by atoms with Crippen LogP contribution in [0.2, 0.25) is 0 Å². The van der Waals surface area contributed by atoms with Gasteiger partial charge in [0.25, 0.3) is 5.56 Å². The normalized spacial score (nSPS) is 28.5. The van der Waals surface area contributed by atoms with Gasteiger partial charge in [-0.15, -0.1) is 0 Å². The van der Waals surface area contributed by atoms with E-state index in [1.54, 1.807) is 6.07 Å². The number of ether oxygens (including phenoxy) is 3. The first-order valence-electron chi connectivity index (χ1n) is 15.3. The number of aliphatic hydroxyl groups excluding tert-OH is 1. The van der Waals surface area contributed by atoms with E-state index in [9.17, 15) is 19.2 Å². The van der Waals surface area contributed by atoms with E-state index in [0.29, 0.717) is 22.3 Å². The Labute approximate surface area is 260 Å². The predicted octanol–water partition coefficient (Wildman–Crippen LogP) is 4.91. The van der Waals surface area contributed by atoms with Gasteiger partial charge in [-0.1, -0.05) is 36.4 Å². The molecule has 0 unspecified atom stereocenters. The Morgan fingerprint density at radius 1 is 0.800 bits per heavy atom. The van der Waals surface area contributed by atoms with E-state index in [1.807, 2.05) is 42.5 Å². The molecular weight excluding hydrogens is 576 g/mol. The minimum atomic E-state index is -0.255. The van der Waals surface area contributed by atoms with Gasteiger partial charge in [-0.25, -0.2) is 9.89 Å². The lowest BCUT2D eigenvalue weighted by Gasteiger charge is -2.56. The lowest BCUT2D eigenvalue weighted by atomic mass is 9.47. The van der Waals surface area contributed by atoms with Gasteiger partial charge in [-0.2, -0.15) is 5.10 Å². The average molecular weight is 615 g/mol. The Kier molecular flexibility index (Phi) is 8.11. The molecule has 2 N–H and O–H groups in total. The second kappa shape index (κ2) is 11.9. The number of aliphatic hydroxyl groups is 1. The van der Waals surface area contributed by atoms with Crippen molar-refractivity contribution < 1.29 is 33.7 Å². The summed E-state index contributed by atoms with van der Waals surface area (Å²) < 4.78 is 15.0. The number of benzene rings is 2. The van der Waals surface area contributed by atoms with Crippen LogP contribution in [0.3, 0.4) is 0 Å². The molecule has 0 atom stereocenters. The third kappa shape index (κ3) is 5.35. The Bertz CT molecular complexity index is 1730. The molecule has 1 aromatic heterocycles. The number of carbonyl (C=O) groups excluding carboxylic acids is 3. The van der Waals surface area contributed by atoms with E-state index in [2.05, 4.69) is 10.2 Å². The van der Waals surface area contributed by atoms with Gasteiger partial charge in [0.1, 0.15) is 5.76 Å². The van der Waals surface area contributed by atoms with Gasteiger partial charge in [0.15, 0.2) is 0 Å². The molecule has 1 aliphatic heterocycles. The first-order valence-corrected chi connectivity index (χ1v) is 15.3. The monoisotopic (exact) mass is 614 g/mol. The Balaban J connectivity index is 0.000000151. The van der Waals surface area contributed by atoms with Gasteiger partial charge in [0, 0.05) is 24.0 Å². The van der Waals surface area contributed by atoms with Gasteiger partial charge in [-0.05, 0) is 79.9 Å². The molecule has 45 heavy (non-hydrogen) atoms. The summed E-state index contributed by atoms with van der Waals surface area (Å²) in [6.45, 7) is 0. The number of hydrogen-bond donors (Lipinski definition) is 2. The maximum Gasteiger partial charge on any atom is 0.344 e. The minimum absolute atomic E-state index is 0.0555. The number of nitrogens with one attached hydrogen (secondary N) is 1. The lowest BCUT2D eigenvalue weighted by Crippen LogP contribution is -2.49. The molecule has 2 heterocycles. The van der Waals surface area contributed by atoms with Crippen molar-refractivity contribution in [1.82, 2.24) is 10.2 Å². The lowest BCUT2D eigenvalue weighted by molar-refractivity contribution is -0.159. The molecule has 8 rings (SSSR count). The SMILES string of the molecule is CO.COC(=O)C1CC2(C1)CC(c1n[nH]c(=O)c3ccccc13)C2.COC(=O)C1CC2(CC(=C3OC(=O)c4ccccc43)C2)C1. The maximum absolute atomic E-state index is 11.8. The van der Waals surface area contributed by atoms with E-state index in [4.69, 9.17) is 19.3 Å². The van der Waals surface area contributed by atoms with Crippen LogP contribution in [0.15, 0.2) is 58.9 Å². The van der Waals surface area contributed by atoms with Gasteiger partial charge < -0.3 is 19.3 Å². The van der Waals surface area contributed by atoms with Crippen molar-refractivity contribution in [3.63, 3.8) is 0 Å². The Hall–Kier alpha value is -4.31. The standard InChI is InChI=1S/C17H18N2O3.C17H16O4.CH4O/c1-22-16(21)11-8-17(9-11)6-10(7-17)14-12-4-2-3-5-13(12)15(20)19-18-14;1-20-15(18)11-8-17(9-11)6-10(7-17)14-12-4-2-3-5-13(12)16(19)21-14;1-2/h2-5,10-11H,6-9H2,1H3,(H,19,20);2-5,11H,6-9H2,1H3;2H,1H3. The molecule has 4 aliphatic carbocycles. The van der Waals surface area contributed by atoms with Crippen molar-refractivity contribution in [3.05, 3.63) is 81.3 Å². The first-order chi connectivity index (χ1) is 21.7. The molecule has 2 aromatic carbocycles. The number of aromatic amines is 1. The number of allylic oxidation sites excluding steroid dienone is 1. The average Bonchev–Trinajstić information content (AvgIpc) is 3.32. The van der Waals surface area contributed by atoms with Crippen LogP contribution in [-0.4, -0.2) is 54.5 Å². The highest BCUT2D eigenvalue weighted by atomic mass is 16.5. The summed E-state index contributed by atoms with van der Waals surface area (Å²) in [6, 6.07) is 15.1. The van der Waals surface area contributed by atoms with Crippen molar-refractivity contribution in [2.45, 2.75) is 57.3 Å². The molecule has 0 bridgehead atoms. The zero-order valence-corrected chi connectivity index (χ0v) is 25.8. The molecule has 2 spiro atoms. The third-order valence-electron chi connectivity index (χ3n) is 10.3. The van der Waals surface area contributed by atoms with Crippen LogP contribution in [0.4, 0.5) is 0 Å². The van der Waals surface area contributed by atoms with Crippen LogP contribution in [0, 0.1) is 22.7 Å². The number of nitrogens with zero attached hydrogens (tertiary/aromatic N) is 1. The van der Waals surface area contributed by atoms with Gasteiger partial charge in [-0.3, -0.25) is 14.4 Å². The van der Waals surface area contributed by atoms with Crippen molar-refractivity contribution >= 4 is 34.4 Å². The van der Waals surface area contributed by atoms with Crippen molar-refractivity contribution in [3.8, 4) is 0 Å². The molecule has 3 aromatic rings. The molecule has 5 aliphatic rings. The van der Waals surface area contributed by atoms with E-state index < -0.39 is 0 Å². The molecule has 4 fully saturated rings. The van der Waals surface area contributed by atoms with Crippen LogP contribution < -0.4 is 5.56 Å². The van der Waals surface area contributed by atoms with Crippen molar-refractivity contribution in [2.75, 3.05) is 21.3 Å². The second-order valence-electron chi connectivity index (χ2n) is 13.1. The predicted molar refractivity (Wildman–Crippen MR) is 165 cm³/mol. The molecule has 0 radical (unpaired) electrons. The van der Waals surface area contributed by atoms with Gasteiger partial charge >= 0.3 is 17.9 Å². The maximum atomic E-state index is 11.8. The fourth-order valence-electron chi connectivity index (χ4n) is 8.22. The summed E-state index contributed by atoms with van der Waals surface area (Å²) in [5, 5.41) is 15.6. The van der Waals surface area contributed by atoms with Crippen molar-refractivity contribution in [1.29, 1.82) is 0 Å². The highest BCUT2D eigenvalue weighted by Gasteiger charge is 2.56. The summed E-state index contributed by atoms with van der Waals surface area (Å²) in [4.78, 5) is 46.6. The summed E-state index contributed by atoms with van der Waals surface area (Å²) in [5.41, 5.74) is 4.16. The zero-order chi connectivity index (χ0) is 31.9. The number of hydrogen-bond acceptors (Lipinski definition) is 9. The number of esters is 3. The molecular formula is C35H38N2O8. The summed E-state index contributed by atoms with van der Waals surface area (Å²) >= 11 is 0. The molecule has 0 saturated heterocycles. The Morgan fingerprint density at radius 3 is 1.93 bits per heavy atom. The third-order valence-corrected chi connectivity index (χ3v) is 10.3. The highest BCUT2D eigenvalue weighted by molar-refractivity contribution is 6.03. The largest absolute Gasteiger partial charge is 0.469 e. The van der Waals surface area contributed by atoms with Gasteiger partial charge in [0.05, 0.1) is 42.7 Å². The highest BCUT2D eigenvalue weighted by Crippen LogP contribution is 2.64. The van der Waals surface area contributed by atoms with Crippen LogP contribution in [-0.2, 0) is 23.8 Å². The fourth-order valence-corrected chi connectivity index (χ4v) is 8.22. The quantitative estimate of drug-likeness (QED) is 0.311. The van der Waals surface area contributed by atoms with E-state index in [0.717, 1.165) is 80.9 Å². The molecule has 0 amide bonds. The molecule has 4 saturated carbocycles. The molecule has 10 nitrogen and oxygen atoms in total.